The van der Waals surface area contributed by atoms with E-state index < -0.39 is 9.84 Å². The Morgan fingerprint density at radius 1 is 1.19 bits per heavy atom. The number of hydrogen-bond acceptors (Lipinski definition) is 5. The lowest BCUT2D eigenvalue weighted by Crippen LogP contribution is -2.25. The van der Waals surface area contributed by atoms with E-state index in [1.807, 2.05) is 13.8 Å². The Labute approximate surface area is 126 Å². The van der Waals surface area contributed by atoms with Crippen molar-refractivity contribution in [3.8, 4) is 11.5 Å². The van der Waals surface area contributed by atoms with Crippen LogP contribution in [0.4, 0.5) is 0 Å². The highest BCUT2D eigenvalue weighted by atomic mass is 32.2. The molecular weight excluding hydrogens is 290 g/mol. The van der Waals surface area contributed by atoms with Crippen LogP contribution in [0.25, 0.3) is 0 Å². The monoisotopic (exact) mass is 313 g/mol. The van der Waals surface area contributed by atoms with Crippen molar-refractivity contribution < 1.29 is 17.9 Å². The van der Waals surface area contributed by atoms with E-state index in [1.54, 1.807) is 18.2 Å². The molecule has 0 spiro atoms. The van der Waals surface area contributed by atoms with Gasteiger partial charge in [0.25, 0.3) is 0 Å². The third-order valence-electron chi connectivity index (χ3n) is 3.22. The molecule has 0 fully saturated rings. The van der Waals surface area contributed by atoms with Gasteiger partial charge in [-0.2, -0.15) is 0 Å². The zero-order valence-electron chi connectivity index (χ0n) is 12.6. The lowest BCUT2D eigenvalue weighted by Gasteiger charge is -2.11. The molecule has 0 saturated heterocycles. The molecule has 0 aliphatic carbocycles. The molecule has 1 heterocycles. The second kappa shape index (κ2) is 7.13. The zero-order valence-corrected chi connectivity index (χ0v) is 13.4. The van der Waals surface area contributed by atoms with Gasteiger partial charge in [0.15, 0.2) is 21.3 Å². The molecular formula is C15H23NO4S. The fourth-order valence-corrected chi connectivity index (χ4v) is 3.43. The number of ether oxygens (including phenoxy) is 2. The molecule has 0 radical (unpaired) electrons. The van der Waals surface area contributed by atoms with Gasteiger partial charge in [-0.25, -0.2) is 8.42 Å². The molecule has 6 heteroatoms. The lowest BCUT2D eigenvalue weighted by molar-refractivity contribution is 0.297. The third-order valence-corrected chi connectivity index (χ3v) is 5.02. The first kappa shape index (κ1) is 16.1. The predicted molar refractivity (Wildman–Crippen MR) is 81.9 cm³/mol. The second-order valence-corrected chi connectivity index (χ2v) is 7.55. The Hall–Kier alpha value is -1.27. The highest BCUT2D eigenvalue weighted by molar-refractivity contribution is 7.91. The van der Waals surface area contributed by atoms with E-state index in [0.29, 0.717) is 48.6 Å². The normalized spacial score (nSPS) is 15.0. The SMILES string of the molecule is CC(C)NCCCS(=O)(=O)c1ccc2c(c1)OCCCO2. The van der Waals surface area contributed by atoms with E-state index in [2.05, 4.69) is 5.32 Å². The minimum absolute atomic E-state index is 0.131. The zero-order chi connectivity index (χ0) is 15.3. The fourth-order valence-electron chi connectivity index (χ4n) is 2.11. The van der Waals surface area contributed by atoms with E-state index in [-0.39, 0.29) is 5.75 Å². The van der Waals surface area contributed by atoms with Gasteiger partial charge in [-0.15, -0.1) is 0 Å². The van der Waals surface area contributed by atoms with Crippen molar-refractivity contribution in [1.82, 2.24) is 5.32 Å². The van der Waals surface area contributed by atoms with E-state index in [0.717, 1.165) is 6.42 Å². The molecule has 118 valence electrons. The van der Waals surface area contributed by atoms with Gasteiger partial charge in [-0.05, 0) is 25.1 Å². The summed E-state index contributed by atoms with van der Waals surface area (Å²) in [7, 11) is -3.28. The average molecular weight is 313 g/mol. The Bertz CT molecular complexity index is 569. The fraction of sp³-hybridized carbons (Fsp3) is 0.600. The summed E-state index contributed by atoms with van der Waals surface area (Å²) >= 11 is 0. The first-order valence-corrected chi connectivity index (χ1v) is 9.00. The molecule has 2 rings (SSSR count). The van der Waals surface area contributed by atoms with Crippen molar-refractivity contribution in [3.05, 3.63) is 18.2 Å². The Morgan fingerprint density at radius 2 is 1.90 bits per heavy atom. The van der Waals surface area contributed by atoms with Gasteiger partial charge in [-0.1, -0.05) is 13.8 Å². The van der Waals surface area contributed by atoms with E-state index >= 15 is 0 Å². The van der Waals surface area contributed by atoms with E-state index in [4.69, 9.17) is 9.47 Å². The number of benzene rings is 1. The summed E-state index contributed by atoms with van der Waals surface area (Å²) in [5, 5.41) is 3.22. The molecule has 0 bridgehead atoms. The van der Waals surface area contributed by atoms with Crippen LogP contribution in [0.5, 0.6) is 11.5 Å². The van der Waals surface area contributed by atoms with Gasteiger partial charge in [0.1, 0.15) is 0 Å². The molecule has 0 unspecified atom stereocenters. The molecule has 0 atom stereocenters. The summed E-state index contributed by atoms with van der Waals surface area (Å²) in [6.07, 6.45) is 1.40. The average Bonchev–Trinajstić information content (AvgIpc) is 2.67. The van der Waals surface area contributed by atoms with Crippen LogP contribution in [0.3, 0.4) is 0 Å². The van der Waals surface area contributed by atoms with Crippen LogP contribution in [0, 0.1) is 0 Å². The van der Waals surface area contributed by atoms with Gasteiger partial charge in [0.05, 0.1) is 23.9 Å². The maximum absolute atomic E-state index is 12.3. The third kappa shape index (κ3) is 4.61. The first-order valence-electron chi connectivity index (χ1n) is 7.35. The van der Waals surface area contributed by atoms with Gasteiger partial charge >= 0.3 is 0 Å². The smallest absolute Gasteiger partial charge is 0.178 e. The van der Waals surface area contributed by atoms with Crippen LogP contribution in [0.2, 0.25) is 0 Å². The summed E-state index contributed by atoms with van der Waals surface area (Å²) in [6.45, 7) is 5.92. The number of hydrogen-bond donors (Lipinski definition) is 1. The van der Waals surface area contributed by atoms with Crippen molar-refractivity contribution in [2.24, 2.45) is 0 Å². The molecule has 0 saturated carbocycles. The van der Waals surface area contributed by atoms with E-state index in [1.165, 1.54) is 0 Å². The van der Waals surface area contributed by atoms with Crippen LogP contribution >= 0.6 is 0 Å². The predicted octanol–water partition coefficient (Wildman–Crippen LogP) is 2.01. The van der Waals surface area contributed by atoms with Gasteiger partial charge < -0.3 is 14.8 Å². The quantitative estimate of drug-likeness (QED) is 0.814. The highest BCUT2D eigenvalue weighted by Crippen LogP contribution is 2.32. The highest BCUT2D eigenvalue weighted by Gasteiger charge is 2.18. The Morgan fingerprint density at radius 3 is 2.62 bits per heavy atom. The van der Waals surface area contributed by atoms with E-state index in [9.17, 15) is 8.42 Å². The number of sulfone groups is 1. The van der Waals surface area contributed by atoms with Gasteiger partial charge in [0, 0.05) is 18.5 Å². The summed E-state index contributed by atoms with van der Waals surface area (Å²) in [6, 6.07) is 5.22. The molecule has 1 aromatic carbocycles. The molecule has 21 heavy (non-hydrogen) atoms. The van der Waals surface area contributed by atoms with Crippen molar-refractivity contribution in [1.29, 1.82) is 0 Å². The van der Waals surface area contributed by atoms with Crippen LogP contribution in [0.15, 0.2) is 23.1 Å². The van der Waals surface area contributed by atoms with Crippen molar-refractivity contribution in [2.45, 2.75) is 37.6 Å². The molecule has 0 aromatic heterocycles. The molecule has 1 aromatic rings. The topological polar surface area (TPSA) is 64.6 Å². The summed E-state index contributed by atoms with van der Waals surface area (Å²) in [4.78, 5) is 0.302. The number of nitrogens with one attached hydrogen (secondary N) is 1. The molecule has 1 aliphatic rings. The Balaban J connectivity index is 2.04. The molecule has 5 nitrogen and oxygen atoms in total. The van der Waals surface area contributed by atoms with Crippen molar-refractivity contribution >= 4 is 9.84 Å². The summed E-state index contributed by atoms with van der Waals surface area (Å²) in [5.74, 6) is 1.27. The van der Waals surface area contributed by atoms with Gasteiger partial charge in [0.2, 0.25) is 0 Å². The number of rotatable bonds is 6. The minimum Gasteiger partial charge on any atom is -0.490 e. The first-order chi connectivity index (χ1) is 9.99. The summed E-state index contributed by atoms with van der Waals surface area (Å²) < 4.78 is 35.7. The van der Waals surface area contributed by atoms with Gasteiger partial charge in [-0.3, -0.25) is 0 Å². The van der Waals surface area contributed by atoms with Crippen LogP contribution < -0.4 is 14.8 Å². The standard InChI is InChI=1S/C15H23NO4S/c1-12(2)16-7-3-10-21(17,18)13-5-6-14-15(11-13)20-9-4-8-19-14/h5-6,11-12,16H,3-4,7-10H2,1-2H3. The Kier molecular flexibility index (Phi) is 5.47. The molecule has 1 aliphatic heterocycles. The molecule has 0 amide bonds. The second-order valence-electron chi connectivity index (χ2n) is 5.44. The van der Waals surface area contributed by atoms with Crippen molar-refractivity contribution in [2.75, 3.05) is 25.5 Å². The maximum atomic E-state index is 12.3. The lowest BCUT2D eigenvalue weighted by atomic mass is 10.3. The van der Waals surface area contributed by atoms with Crippen LogP contribution in [-0.4, -0.2) is 40.0 Å². The van der Waals surface area contributed by atoms with Crippen molar-refractivity contribution in [3.63, 3.8) is 0 Å². The molecule has 1 N–H and O–H groups in total. The maximum Gasteiger partial charge on any atom is 0.178 e. The van der Waals surface area contributed by atoms with Crippen LogP contribution in [0.1, 0.15) is 26.7 Å². The number of fused-ring (bicyclic) bond motifs is 1. The summed E-state index contributed by atoms with van der Waals surface area (Å²) in [5.41, 5.74) is 0. The largest absolute Gasteiger partial charge is 0.490 e. The minimum atomic E-state index is -3.28. The van der Waals surface area contributed by atoms with Crippen LogP contribution in [-0.2, 0) is 9.84 Å².